The molecule has 32 heavy (non-hydrogen) atoms. The van der Waals surface area contributed by atoms with Gasteiger partial charge in [-0.15, -0.1) is 0 Å². The molecule has 0 spiro atoms. The Bertz CT molecular complexity index is 1360. The summed E-state index contributed by atoms with van der Waals surface area (Å²) >= 11 is 1.49. The van der Waals surface area contributed by atoms with Crippen molar-refractivity contribution in [1.29, 1.82) is 0 Å². The number of aromatic nitrogens is 3. The van der Waals surface area contributed by atoms with Crippen molar-refractivity contribution in [1.82, 2.24) is 14.5 Å². The molecule has 0 saturated carbocycles. The molecule has 1 amide bonds. The molecule has 166 valence electrons. The Morgan fingerprint density at radius 3 is 2.53 bits per heavy atom. The maximum absolute atomic E-state index is 13.5. The molecule has 0 atom stereocenters. The molecule has 4 rings (SSSR count). The first-order valence-corrected chi connectivity index (χ1v) is 12.9. The van der Waals surface area contributed by atoms with E-state index in [0.29, 0.717) is 17.2 Å². The highest BCUT2D eigenvalue weighted by atomic mass is 32.2. The van der Waals surface area contributed by atoms with E-state index in [1.54, 1.807) is 29.6 Å². The van der Waals surface area contributed by atoms with Crippen LogP contribution in [0.5, 0.6) is 0 Å². The molecule has 9 heteroatoms. The predicted octanol–water partition coefficient (Wildman–Crippen LogP) is 4.25. The van der Waals surface area contributed by atoms with Crippen LogP contribution in [0.4, 0.5) is 5.13 Å². The molecule has 2 aromatic carbocycles. The minimum absolute atomic E-state index is 0.187. The van der Waals surface area contributed by atoms with E-state index in [2.05, 4.69) is 11.1 Å². The monoisotopic (exact) mass is 468 g/mol. The average Bonchev–Trinajstić information content (AvgIpc) is 3.43. The summed E-state index contributed by atoms with van der Waals surface area (Å²) in [6.45, 7) is 5.28. The summed E-state index contributed by atoms with van der Waals surface area (Å²) in [6.07, 6.45) is 7.24. The SMILES string of the molecule is Cc1ccc2sc(N(CCCn3ccnc3)C(=O)c3ccc(S(C)(=O)=O)cc3)nc2c1C. The Balaban J connectivity index is 1.66. The van der Waals surface area contributed by atoms with Crippen LogP contribution in [0.25, 0.3) is 10.2 Å². The van der Waals surface area contributed by atoms with Gasteiger partial charge in [0.25, 0.3) is 5.91 Å². The highest BCUT2D eigenvalue weighted by Gasteiger charge is 2.22. The number of hydrogen-bond donors (Lipinski definition) is 0. The van der Waals surface area contributed by atoms with E-state index < -0.39 is 9.84 Å². The van der Waals surface area contributed by atoms with Crippen molar-refractivity contribution < 1.29 is 13.2 Å². The summed E-state index contributed by atoms with van der Waals surface area (Å²) in [4.78, 5) is 24.2. The van der Waals surface area contributed by atoms with Crippen LogP contribution in [0, 0.1) is 13.8 Å². The van der Waals surface area contributed by atoms with Crippen molar-refractivity contribution in [3.05, 3.63) is 71.8 Å². The van der Waals surface area contributed by atoms with Crippen LogP contribution >= 0.6 is 11.3 Å². The second-order valence-corrected chi connectivity index (χ2v) is 10.8. The molecular weight excluding hydrogens is 444 g/mol. The van der Waals surface area contributed by atoms with Crippen molar-refractivity contribution in [3.8, 4) is 0 Å². The normalized spacial score (nSPS) is 11.7. The quantitative estimate of drug-likeness (QED) is 0.405. The van der Waals surface area contributed by atoms with E-state index in [1.807, 2.05) is 30.7 Å². The molecule has 0 bridgehead atoms. The molecule has 0 aliphatic rings. The fourth-order valence-corrected chi connectivity index (χ4v) is 5.12. The lowest BCUT2D eigenvalue weighted by Gasteiger charge is -2.20. The number of imidazole rings is 1. The lowest BCUT2D eigenvalue weighted by molar-refractivity contribution is 0.0986. The smallest absolute Gasteiger partial charge is 0.260 e. The fraction of sp³-hybridized carbons (Fsp3) is 0.261. The van der Waals surface area contributed by atoms with E-state index in [0.717, 1.165) is 40.6 Å². The van der Waals surface area contributed by atoms with Crippen molar-refractivity contribution in [3.63, 3.8) is 0 Å². The average molecular weight is 469 g/mol. The Labute approximate surface area is 191 Å². The molecule has 0 fully saturated rings. The van der Waals surface area contributed by atoms with Gasteiger partial charge in [0, 0.05) is 37.3 Å². The number of anilines is 1. The van der Waals surface area contributed by atoms with Gasteiger partial charge in [-0.1, -0.05) is 17.4 Å². The van der Waals surface area contributed by atoms with E-state index in [-0.39, 0.29) is 10.8 Å². The number of benzene rings is 2. The lowest BCUT2D eigenvalue weighted by Crippen LogP contribution is -2.32. The summed E-state index contributed by atoms with van der Waals surface area (Å²) in [7, 11) is -3.33. The second kappa shape index (κ2) is 8.84. The second-order valence-electron chi connectivity index (χ2n) is 7.76. The van der Waals surface area contributed by atoms with Crippen molar-refractivity contribution in [2.24, 2.45) is 0 Å². The van der Waals surface area contributed by atoms with Gasteiger partial charge >= 0.3 is 0 Å². The van der Waals surface area contributed by atoms with Crippen LogP contribution in [-0.4, -0.2) is 41.7 Å². The number of sulfone groups is 1. The summed E-state index contributed by atoms with van der Waals surface area (Å²) in [5.74, 6) is -0.205. The molecule has 2 heterocycles. The number of thiazole rings is 1. The molecule has 0 aliphatic heterocycles. The Hall–Kier alpha value is -3.04. The summed E-state index contributed by atoms with van der Waals surface area (Å²) in [5, 5.41) is 0.636. The maximum atomic E-state index is 13.5. The van der Waals surface area contributed by atoms with Gasteiger partial charge in [0.2, 0.25) is 0 Å². The third-order valence-electron chi connectivity index (χ3n) is 5.44. The number of fused-ring (bicyclic) bond motifs is 1. The highest BCUT2D eigenvalue weighted by molar-refractivity contribution is 7.90. The van der Waals surface area contributed by atoms with Gasteiger partial charge in [-0.2, -0.15) is 0 Å². The number of aryl methyl sites for hydroxylation is 3. The van der Waals surface area contributed by atoms with E-state index >= 15 is 0 Å². The van der Waals surface area contributed by atoms with Gasteiger partial charge in [0.05, 0.1) is 21.4 Å². The zero-order valence-corrected chi connectivity index (χ0v) is 19.8. The third-order valence-corrected chi connectivity index (χ3v) is 7.61. The van der Waals surface area contributed by atoms with Crippen LogP contribution in [0.3, 0.4) is 0 Å². The number of carbonyl (C=O) groups is 1. The van der Waals surface area contributed by atoms with Gasteiger partial charge in [0.1, 0.15) is 0 Å². The zero-order valence-electron chi connectivity index (χ0n) is 18.1. The minimum atomic E-state index is -3.33. The molecule has 0 unspecified atom stereocenters. The largest absolute Gasteiger partial charge is 0.337 e. The van der Waals surface area contributed by atoms with Crippen LogP contribution in [0.2, 0.25) is 0 Å². The Morgan fingerprint density at radius 2 is 1.88 bits per heavy atom. The van der Waals surface area contributed by atoms with Gasteiger partial charge in [-0.05, 0) is 61.7 Å². The molecule has 4 aromatic rings. The number of hydrogen-bond acceptors (Lipinski definition) is 6. The fourth-order valence-electron chi connectivity index (χ4n) is 3.44. The number of nitrogens with zero attached hydrogens (tertiary/aromatic N) is 4. The topological polar surface area (TPSA) is 85.2 Å². The van der Waals surface area contributed by atoms with Gasteiger partial charge in [-0.3, -0.25) is 9.69 Å². The van der Waals surface area contributed by atoms with E-state index in [1.165, 1.54) is 23.5 Å². The van der Waals surface area contributed by atoms with Gasteiger partial charge < -0.3 is 4.57 Å². The lowest BCUT2D eigenvalue weighted by atomic mass is 10.1. The van der Waals surface area contributed by atoms with Crippen LogP contribution in [-0.2, 0) is 16.4 Å². The van der Waals surface area contributed by atoms with E-state index in [9.17, 15) is 13.2 Å². The van der Waals surface area contributed by atoms with Crippen molar-refractivity contribution in [2.75, 3.05) is 17.7 Å². The first kappa shape index (κ1) is 22.2. The van der Waals surface area contributed by atoms with Crippen LogP contribution < -0.4 is 4.90 Å². The summed E-state index contributed by atoms with van der Waals surface area (Å²) in [6, 6.07) is 10.2. The molecular formula is C23H24N4O3S2. The number of carbonyl (C=O) groups excluding carboxylic acids is 1. The van der Waals surface area contributed by atoms with Gasteiger partial charge in [-0.25, -0.2) is 18.4 Å². The molecule has 0 radical (unpaired) electrons. The minimum Gasteiger partial charge on any atom is -0.337 e. The molecule has 0 saturated heterocycles. The van der Waals surface area contributed by atoms with E-state index in [4.69, 9.17) is 4.98 Å². The molecule has 0 N–H and O–H groups in total. The van der Waals surface area contributed by atoms with Crippen LogP contribution in [0.15, 0.2) is 60.0 Å². The maximum Gasteiger partial charge on any atom is 0.260 e. The van der Waals surface area contributed by atoms with Crippen LogP contribution in [0.1, 0.15) is 27.9 Å². The predicted molar refractivity (Wildman–Crippen MR) is 127 cm³/mol. The summed E-state index contributed by atoms with van der Waals surface area (Å²) < 4.78 is 26.5. The standard InChI is InChI=1S/C23H24N4O3S2/c1-16-5-10-20-21(17(16)2)25-23(31-20)27(13-4-12-26-14-11-24-15-26)22(28)18-6-8-19(9-7-18)32(3,29)30/h5-11,14-15H,4,12-13H2,1-3H3. The zero-order chi connectivity index (χ0) is 22.9. The van der Waals surface area contributed by atoms with Gasteiger partial charge in [0.15, 0.2) is 15.0 Å². The Kier molecular flexibility index (Phi) is 6.12. The third kappa shape index (κ3) is 4.58. The van der Waals surface area contributed by atoms with Crippen molar-refractivity contribution >= 4 is 42.4 Å². The number of rotatable bonds is 7. The molecule has 2 aromatic heterocycles. The first-order valence-electron chi connectivity index (χ1n) is 10.2. The van der Waals surface area contributed by atoms with Crippen molar-refractivity contribution in [2.45, 2.75) is 31.7 Å². The summed E-state index contributed by atoms with van der Waals surface area (Å²) in [5.41, 5.74) is 3.59. The molecule has 0 aliphatic carbocycles. The highest BCUT2D eigenvalue weighted by Crippen LogP contribution is 2.33. The molecule has 7 nitrogen and oxygen atoms in total. The Morgan fingerprint density at radius 1 is 1.12 bits per heavy atom. The number of amides is 1. The first-order chi connectivity index (χ1) is 15.2.